The summed E-state index contributed by atoms with van der Waals surface area (Å²) in [7, 11) is 0. The second-order valence-corrected chi connectivity index (χ2v) is 3.10. The molecule has 1 rings (SSSR count). The molecule has 0 fully saturated rings. The summed E-state index contributed by atoms with van der Waals surface area (Å²) in [5.74, 6) is -0.846. The summed E-state index contributed by atoms with van der Waals surface area (Å²) < 4.78 is 1.68. The van der Waals surface area contributed by atoms with Crippen LogP contribution in [0, 0.1) is 6.92 Å². The van der Waals surface area contributed by atoms with Crippen LogP contribution in [-0.4, -0.2) is 33.4 Å². The number of hydrogen-bond donors (Lipinski definition) is 2. The molecule has 0 saturated heterocycles. The highest BCUT2D eigenvalue weighted by atomic mass is 16.4. The van der Waals surface area contributed by atoms with E-state index in [9.17, 15) is 4.79 Å². The van der Waals surface area contributed by atoms with Crippen molar-refractivity contribution in [2.75, 3.05) is 6.54 Å². The van der Waals surface area contributed by atoms with Crippen molar-refractivity contribution >= 4 is 5.97 Å². The third kappa shape index (κ3) is 2.56. The van der Waals surface area contributed by atoms with Crippen LogP contribution >= 0.6 is 0 Å². The number of hydrogen-bond acceptors (Lipinski definition) is 3. The summed E-state index contributed by atoms with van der Waals surface area (Å²) in [5, 5.41) is 15.8. The van der Waals surface area contributed by atoms with E-state index in [1.807, 2.05) is 19.9 Å². The molecule has 0 aliphatic heterocycles. The molecule has 1 aromatic rings. The molecule has 0 amide bonds. The molecule has 0 aliphatic rings. The number of nitrogens with one attached hydrogen (secondary N) is 1. The largest absolute Gasteiger partial charge is 0.480 e. The predicted molar refractivity (Wildman–Crippen MR) is 52.1 cm³/mol. The Hall–Kier alpha value is -1.36. The van der Waals surface area contributed by atoms with Crippen molar-refractivity contribution in [3.05, 3.63) is 18.0 Å². The maximum atomic E-state index is 10.8. The van der Waals surface area contributed by atoms with E-state index >= 15 is 0 Å². The van der Waals surface area contributed by atoms with Gasteiger partial charge in [0.05, 0.1) is 6.54 Å². The Balaban J connectivity index is 2.64. The minimum absolute atomic E-state index is 0.363. The molecule has 1 atom stereocenters. The summed E-state index contributed by atoms with van der Waals surface area (Å²) >= 11 is 0. The molecule has 78 valence electrons. The molecule has 14 heavy (non-hydrogen) atoms. The van der Waals surface area contributed by atoms with Crippen LogP contribution in [0.2, 0.25) is 0 Å². The molecule has 1 unspecified atom stereocenters. The zero-order valence-corrected chi connectivity index (χ0v) is 8.40. The Morgan fingerprint density at radius 2 is 2.50 bits per heavy atom. The van der Waals surface area contributed by atoms with Gasteiger partial charge in [-0.25, -0.2) is 0 Å². The maximum Gasteiger partial charge on any atom is 0.322 e. The number of carbonyl (C=O) groups is 1. The van der Waals surface area contributed by atoms with Gasteiger partial charge in [-0.3, -0.25) is 9.48 Å². The average molecular weight is 197 g/mol. The first-order valence-electron chi connectivity index (χ1n) is 4.59. The lowest BCUT2D eigenvalue weighted by molar-refractivity contribution is -0.139. The molecule has 5 nitrogen and oxygen atoms in total. The molecule has 0 aliphatic carbocycles. The summed E-state index contributed by atoms with van der Waals surface area (Å²) in [4.78, 5) is 10.8. The van der Waals surface area contributed by atoms with Gasteiger partial charge in [0.1, 0.15) is 6.04 Å². The van der Waals surface area contributed by atoms with Crippen molar-refractivity contribution in [2.45, 2.75) is 26.4 Å². The van der Waals surface area contributed by atoms with E-state index < -0.39 is 12.0 Å². The summed E-state index contributed by atoms with van der Waals surface area (Å²) in [5.41, 5.74) is 0.967. The lowest BCUT2D eigenvalue weighted by Gasteiger charge is -2.13. The minimum atomic E-state index is -0.846. The Kier molecular flexibility index (Phi) is 3.64. The van der Waals surface area contributed by atoms with Crippen molar-refractivity contribution < 1.29 is 9.90 Å². The van der Waals surface area contributed by atoms with E-state index in [2.05, 4.69) is 10.4 Å². The fourth-order valence-corrected chi connectivity index (χ4v) is 1.24. The molecule has 0 radical (unpaired) electrons. The van der Waals surface area contributed by atoms with Gasteiger partial charge in [0.15, 0.2) is 0 Å². The highest BCUT2D eigenvalue weighted by Crippen LogP contribution is 1.98. The third-order valence-electron chi connectivity index (χ3n) is 2.03. The molecule has 0 aromatic carbocycles. The number of carboxylic acid groups (broad SMARTS) is 1. The van der Waals surface area contributed by atoms with Gasteiger partial charge in [0, 0.05) is 11.9 Å². The maximum absolute atomic E-state index is 10.8. The van der Waals surface area contributed by atoms with Crippen LogP contribution in [0.1, 0.15) is 12.6 Å². The van der Waals surface area contributed by atoms with Crippen LogP contribution in [0.25, 0.3) is 0 Å². The summed E-state index contributed by atoms with van der Waals surface area (Å²) in [6.07, 6.45) is 1.67. The van der Waals surface area contributed by atoms with E-state index in [0.717, 1.165) is 5.69 Å². The monoisotopic (exact) mass is 197 g/mol. The van der Waals surface area contributed by atoms with Gasteiger partial charge in [-0.2, -0.15) is 5.10 Å². The van der Waals surface area contributed by atoms with E-state index in [1.54, 1.807) is 10.9 Å². The van der Waals surface area contributed by atoms with E-state index in [-0.39, 0.29) is 0 Å². The highest BCUT2D eigenvalue weighted by Gasteiger charge is 2.17. The van der Waals surface area contributed by atoms with Gasteiger partial charge in [0.25, 0.3) is 0 Å². The molecule has 1 heterocycles. The second-order valence-electron chi connectivity index (χ2n) is 3.10. The average Bonchev–Trinajstić information content (AvgIpc) is 2.51. The number of rotatable bonds is 5. The molecule has 2 N–H and O–H groups in total. The van der Waals surface area contributed by atoms with Crippen molar-refractivity contribution in [2.24, 2.45) is 0 Å². The summed E-state index contributed by atoms with van der Waals surface area (Å²) in [6.45, 7) is 4.78. The van der Waals surface area contributed by atoms with Crippen LogP contribution in [0.5, 0.6) is 0 Å². The number of likely N-dealkylation sites (N-methyl/N-ethyl adjacent to an activating group) is 1. The van der Waals surface area contributed by atoms with Crippen LogP contribution in [-0.2, 0) is 11.3 Å². The van der Waals surface area contributed by atoms with Crippen molar-refractivity contribution in [1.82, 2.24) is 15.1 Å². The fraction of sp³-hybridized carbons (Fsp3) is 0.556. The van der Waals surface area contributed by atoms with E-state index in [4.69, 9.17) is 5.11 Å². The Bertz CT molecular complexity index is 309. The fourth-order valence-electron chi connectivity index (χ4n) is 1.24. The smallest absolute Gasteiger partial charge is 0.322 e. The molecule has 0 bridgehead atoms. The topological polar surface area (TPSA) is 67.2 Å². The zero-order chi connectivity index (χ0) is 10.6. The molecular weight excluding hydrogens is 182 g/mol. The predicted octanol–water partition coefficient (Wildman–Crippen LogP) is 0.254. The standard InChI is InChI=1S/C9H15N3O2/c1-3-10-8(9(13)14)6-12-7(2)4-5-11-12/h4-5,8,10H,3,6H2,1-2H3,(H,13,14). The van der Waals surface area contributed by atoms with Gasteiger partial charge in [0.2, 0.25) is 0 Å². The van der Waals surface area contributed by atoms with Gasteiger partial charge in [-0.15, -0.1) is 0 Å². The Labute approximate surface area is 82.7 Å². The SMILES string of the molecule is CCNC(Cn1nccc1C)C(=O)O. The first kappa shape index (κ1) is 10.7. The quantitative estimate of drug-likeness (QED) is 0.710. The van der Waals surface area contributed by atoms with Crippen molar-refractivity contribution in [1.29, 1.82) is 0 Å². The molecule has 0 spiro atoms. The number of aliphatic carboxylic acids is 1. The second kappa shape index (κ2) is 4.76. The van der Waals surface area contributed by atoms with Gasteiger partial charge in [-0.05, 0) is 19.5 Å². The van der Waals surface area contributed by atoms with Crippen molar-refractivity contribution in [3.63, 3.8) is 0 Å². The van der Waals surface area contributed by atoms with E-state index in [0.29, 0.717) is 13.1 Å². The molecular formula is C9H15N3O2. The molecule has 0 saturated carbocycles. The highest BCUT2D eigenvalue weighted by molar-refractivity contribution is 5.73. The first-order chi connectivity index (χ1) is 6.65. The molecule has 1 aromatic heterocycles. The Morgan fingerprint density at radius 3 is 2.93 bits per heavy atom. The van der Waals surface area contributed by atoms with Gasteiger partial charge in [-0.1, -0.05) is 6.92 Å². The molecule has 5 heteroatoms. The minimum Gasteiger partial charge on any atom is -0.480 e. The number of nitrogens with zero attached hydrogens (tertiary/aromatic N) is 2. The Morgan fingerprint density at radius 1 is 1.79 bits per heavy atom. The lowest BCUT2D eigenvalue weighted by atomic mass is 10.3. The van der Waals surface area contributed by atoms with Crippen LogP contribution in [0.3, 0.4) is 0 Å². The number of aromatic nitrogens is 2. The summed E-state index contributed by atoms with van der Waals surface area (Å²) in [6, 6.07) is 1.28. The zero-order valence-electron chi connectivity index (χ0n) is 8.40. The van der Waals surface area contributed by atoms with Crippen LogP contribution in [0.15, 0.2) is 12.3 Å². The van der Waals surface area contributed by atoms with E-state index in [1.165, 1.54) is 0 Å². The van der Waals surface area contributed by atoms with Gasteiger partial charge >= 0.3 is 5.97 Å². The first-order valence-corrected chi connectivity index (χ1v) is 4.59. The third-order valence-corrected chi connectivity index (χ3v) is 2.03. The number of carboxylic acids is 1. The normalized spacial score (nSPS) is 12.7. The van der Waals surface area contributed by atoms with Crippen molar-refractivity contribution in [3.8, 4) is 0 Å². The lowest BCUT2D eigenvalue weighted by Crippen LogP contribution is -2.40. The number of aryl methyl sites for hydroxylation is 1. The van der Waals surface area contributed by atoms with Gasteiger partial charge < -0.3 is 10.4 Å². The van der Waals surface area contributed by atoms with Crippen LogP contribution in [0.4, 0.5) is 0 Å². The van der Waals surface area contributed by atoms with Crippen LogP contribution < -0.4 is 5.32 Å².